The van der Waals surface area contributed by atoms with Crippen molar-refractivity contribution < 1.29 is 19.1 Å². The van der Waals surface area contributed by atoms with Gasteiger partial charge in [0, 0.05) is 36.1 Å². The van der Waals surface area contributed by atoms with Gasteiger partial charge >= 0.3 is 6.03 Å². The third-order valence-electron chi connectivity index (χ3n) is 7.23. The van der Waals surface area contributed by atoms with Crippen LogP contribution in [0, 0.1) is 18.2 Å². The van der Waals surface area contributed by atoms with E-state index < -0.39 is 17.4 Å². The molecular weight excluding hydrogens is 483 g/mol. The van der Waals surface area contributed by atoms with Gasteiger partial charge in [0.2, 0.25) is 0 Å². The fourth-order valence-electron chi connectivity index (χ4n) is 5.48. The Bertz CT molecular complexity index is 1430. The number of phenolic OH excluding ortho intramolecular Hbond substituents is 1. The minimum atomic E-state index is -1.13. The van der Waals surface area contributed by atoms with Crippen molar-refractivity contribution in [3.63, 3.8) is 0 Å². The molecule has 0 spiro atoms. The summed E-state index contributed by atoms with van der Waals surface area (Å²) in [5.41, 5.74) is 1.79. The van der Waals surface area contributed by atoms with Gasteiger partial charge in [-0.2, -0.15) is 0 Å². The first-order valence-corrected chi connectivity index (χ1v) is 12.1. The topological polar surface area (TPSA) is 79.9 Å². The molecule has 186 valence electrons. The third-order valence-corrected chi connectivity index (χ3v) is 7.52. The predicted molar refractivity (Wildman–Crippen MR) is 135 cm³/mol. The molecule has 9 heteroatoms. The van der Waals surface area contributed by atoms with Crippen molar-refractivity contribution in [3.05, 3.63) is 64.1 Å². The normalized spacial score (nSPS) is 21.3. The van der Waals surface area contributed by atoms with E-state index in [1.54, 1.807) is 36.1 Å². The van der Waals surface area contributed by atoms with Crippen molar-refractivity contribution in [2.24, 2.45) is 0 Å². The van der Waals surface area contributed by atoms with Gasteiger partial charge in [0.05, 0.1) is 17.6 Å². The van der Waals surface area contributed by atoms with Crippen molar-refractivity contribution in [2.75, 3.05) is 26.7 Å². The highest BCUT2D eigenvalue weighted by atomic mass is 35.5. The highest BCUT2D eigenvalue weighted by molar-refractivity contribution is 6.31. The summed E-state index contributed by atoms with van der Waals surface area (Å²) >= 11 is 6.11. The Hall–Kier alpha value is -3.54. The largest absolute Gasteiger partial charge is 0.508 e. The predicted octanol–water partition coefficient (Wildman–Crippen LogP) is 4.09. The number of nitrogens with one attached hydrogen (secondary N) is 1. The number of rotatable bonds is 6. The van der Waals surface area contributed by atoms with Gasteiger partial charge < -0.3 is 15.0 Å². The number of benzene rings is 2. The number of H-pyrrole nitrogens is 1. The Morgan fingerprint density at radius 2 is 2.11 bits per heavy atom. The van der Waals surface area contributed by atoms with Crippen LogP contribution in [0.5, 0.6) is 5.75 Å². The second-order valence-electron chi connectivity index (χ2n) is 9.72. The van der Waals surface area contributed by atoms with Crippen LogP contribution in [-0.4, -0.2) is 68.9 Å². The highest BCUT2D eigenvalue weighted by Gasteiger charge is 2.59. The van der Waals surface area contributed by atoms with Gasteiger partial charge in [-0.1, -0.05) is 29.7 Å². The van der Waals surface area contributed by atoms with Gasteiger partial charge in [0.1, 0.15) is 17.1 Å². The molecule has 0 saturated carbocycles. The molecule has 0 aliphatic carbocycles. The lowest BCUT2D eigenvalue weighted by atomic mass is 9.81. The molecule has 2 aliphatic rings. The molecule has 5 rings (SSSR count). The maximum absolute atomic E-state index is 14.3. The third kappa shape index (κ3) is 3.80. The Morgan fingerprint density at radius 1 is 1.33 bits per heavy atom. The van der Waals surface area contributed by atoms with E-state index in [9.17, 15) is 19.1 Å². The summed E-state index contributed by atoms with van der Waals surface area (Å²) in [6, 6.07) is 8.80. The van der Waals surface area contributed by atoms with E-state index in [2.05, 4.69) is 10.9 Å². The van der Waals surface area contributed by atoms with Gasteiger partial charge in [-0.05, 0) is 55.8 Å². The second-order valence-corrected chi connectivity index (χ2v) is 10.1. The number of fused-ring (bicyclic) bond motifs is 4. The van der Waals surface area contributed by atoms with Gasteiger partial charge in [-0.25, -0.2) is 9.18 Å². The number of hydrogen-bond donors (Lipinski definition) is 2. The molecule has 1 unspecified atom stereocenters. The lowest BCUT2D eigenvalue weighted by Gasteiger charge is -2.42. The first-order valence-electron chi connectivity index (χ1n) is 11.7. The fraction of sp³-hybridized carbons (Fsp3) is 0.333. The maximum Gasteiger partial charge on any atom is 0.328 e. The number of hydrogen-bond acceptors (Lipinski definition) is 4. The van der Waals surface area contributed by atoms with Gasteiger partial charge in [-0.15, -0.1) is 6.42 Å². The number of terminal acetylenes is 1. The summed E-state index contributed by atoms with van der Waals surface area (Å²) in [5.74, 6) is 1.84. The number of aromatic amines is 1. The molecule has 2 aliphatic heterocycles. The maximum atomic E-state index is 14.3. The lowest BCUT2D eigenvalue weighted by molar-refractivity contribution is -0.133. The molecule has 2 aromatic carbocycles. The first-order chi connectivity index (χ1) is 17.1. The Kier molecular flexibility index (Phi) is 5.93. The molecule has 2 atom stereocenters. The van der Waals surface area contributed by atoms with Crippen molar-refractivity contribution >= 4 is 34.4 Å². The van der Waals surface area contributed by atoms with Crippen LogP contribution in [-0.2, 0) is 17.6 Å². The highest BCUT2D eigenvalue weighted by Crippen LogP contribution is 2.47. The summed E-state index contributed by atoms with van der Waals surface area (Å²) in [6.07, 6.45) is 6.00. The number of urea groups is 1. The molecule has 3 amide bonds. The number of nitrogens with zero attached hydrogens (tertiary/aromatic N) is 3. The van der Waals surface area contributed by atoms with Crippen LogP contribution < -0.4 is 0 Å². The van der Waals surface area contributed by atoms with Gasteiger partial charge in [0.15, 0.2) is 0 Å². The molecule has 1 fully saturated rings. The number of aromatic hydroxyl groups is 1. The summed E-state index contributed by atoms with van der Waals surface area (Å²) in [7, 11) is 1.84. The Labute approximate surface area is 213 Å². The second kappa shape index (κ2) is 8.84. The van der Waals surface area contributed by atoms with Crippen molar-refractivity contribution in [2.45, 2.75) is 31.3 Å². The number of amides is 3. The average molecular weight is 509 g/mol. The Balaban J connectivity index is 1.61. The number of carbonyl (C=O) groups excluding carboxylic acids is 2. The number of likely N-dealkylation sites (N-methyl/N-ethyl adjacent to an activating group) is 1. The minimum Gasteiger partial charge on any atom is -0.508 e. The van der Waals surface area contributed by atoms with E-state index in [0.29, 0.717) is 25.0 Å². The quantitative estimate of drug-likeness (QED) is 0.388. The van der Waals surface area contributed by atoms with E-state index in [0.717, 1.165) is 22.2 Å². The van der Waals surface area contributed by atoms with E-state index in [1.165, 1.54) is 11.0 Å². The standard InChI is InChI=1S/C27H26ClFN4O3/c1-4-8-31(3)9-10-32-25(35)27(2)15-19-18-13-20(28)21(29)14-22(18)30-24(19)23(33(27)26(32)36)12-16-6-5-7-17(34)11-16/h1,5-7,11,13-14,23,30,34H,8-10,12,15H2,2-3H3/t23?,27-/m0/s1. The minimum absolute atomic E-state index is 0.00610. The summed E-state index contributed by atoms with van der Waals surface area (Å²) < 4.78 is 14.3. The van der Waals surface area contributed by atoms with Crippen LogP contribution in [0.1, 0.15) is 29.8 Å². The monoisotopic (exact) mass is 508 g/mol. The van der Waals surface area contributed by atoms with Crippen molar-refractivity contribution in [3.8, 4) is 18.1 Å². The van der Waals surface area contributed by atoms with Crippen LogP contribution in [0.3, 0.4) is 0 Å². The molecule has 2 N–H and O–H groups in total. The summed E-state index contributed by atoms with van der Waals surface area (Å²) in [4.78, 5) is 35.6. The molecule has 1 saturated heterocycles. The van der Waals surface area contributed by atoms with E-state index in [4.69, 9.17) is 18.0 Å². The number of imide groups is 1. The molecule has 36 heavy (non-hydrogen) atoms. The zero-order chi connectivity index (χ0) is 25.8. The van der Waals surface area contributed by atoms with Gasteiger partial charge in [-0.3, -0.25) is 14.6 Å². The average Bonchev–Trinajstić information content (AvgIpc) is 3.24. The van der Waals surface area contributed by atoms with E-state index >= 15 is 0 Å². The number of halogens is 2. The van der Waals surface area contributed by atoms with E-state index in [1.807, 2.05) is 18.0 Å². The molecule has 3 aromatic rings. The molecule has 3 heterocycles. The number of aromatic nitrogens is 1. The smallest absolute Gasteiger partial charge is 0.328 e. The SMILES string of the molecule is C#CCN(C)CCN1C(=O)N2C(Cc3cccc(O)c3)c3[nH]c4cc(F)c(Cl)cc4c3C[C@@]2(C)C1=O. The molecule has 0 bridgehead atoms. The molecule has 1 aromatic heterocycles. The number of phenols is 1. The summed E-state index contributed by atoms with van der Waals surface area (Å²) in [6.45, 7) is 2.85. The molecule has 0 radical (unpaired) electrons. The van der Waals surface area contributed by atoms with Crippen molar-refractivity contribution in [1.29, 1.82) is 0 Å². The zero-order valence-electron chi connectivity index (χ0n) is 20.0. The van der Waals surface area contributed by atoms with Crippen LogP contribution >= 0.6 is 11.6 Å². The zero-order valence-corrected chi connectivity index (χ0v) is 20.8. The van der Waals surface area contributed by atoms with Crippen molar-refractivity contribution in [1.82, 2.24) is 19.7 Å². The van der Waals surface area contributed by atoms with Gasteiger partial charge in [0.25, 0.3) is 5.91 Å². The van der Waals surface area contributed by atoms with Crippen LogP contribution in [0.4, 0.5) is 9.18 Å². The van der Waals surface area contributed by atoms with E-state index in [-0.39, 0.29) is 35.7 Å². The summed E-state index contributed by atoms with van der Waals surface area (Å²) in [5, 5.41) is 10.7. The first kappa shape index (κ1) is 24.2. The van der Waals surface area contributed by atoms with Crippen LogP contribution in [0.15, 0.2) is 36.4 Å². The number of carbonyl (C=O) groups is 2. The van der Waals surface area contributed by atoms with Crippen LogP contribution in [0.25, 0.3) is 10.9 Å². The molecule has 7 nitrogen and oxygen atoms in total. The van der Waals surface area contributed by atoms with Crippen LogP contribution in [0.2, 0.25) is 5.02 Å². The lowest BCUT2D eigenvalue weighted by Crippen LogP contribution is -2.53. The fourth-order valence-corrected chi connectivity index (χ4v) is 5.64. The Morgan fingerprint density at radius 3 is 2.83 bits per heavy atom. The molecular formula is C27H26ClFN4O3.